The van der Waals surface area contributed by atoms with E-state index in [1.54, 1.807) is 4.57 Å². The molecule has 4 rings (SSSR count). The zero-order valence-corrected chi connectivity index (χ0v) is 11.7. The van der Waals surface area contributed by atoms with Gasteiger partial charge in [-0.1, -0.05) is 0 Å². The first-order valence-corrected chi connectivity index (χ1v) is 7.44. The highest BCUT2D eigenvalue weighted by Crippen LogP contribution is 2.26. The van der Waals surface area contributed by atoms with E-state index in [0.29, 0.717) is 26.3 Å². The first-order chi connectivity index (χ1) is 10.2. The summed E-state index contributed by atoms with van der Waals surface area (Å²) >= 11 is 0. The van der Waals surface area contributed by atoms with E-state index in [9.17, 15) is 9.59 Å². The van der Waals surface area contributed by atoms with Crippen molar-refractivity contribution in [3.8, 4) is 0 Å². The molecule has 0 radical (unpaired) electrons. The molecule has 2 saturated heterocycles. The predicted octanol–water partition coefficient (Wildman–Crippen LogP) is -0.830. The monoisotopic (exact) mass is 294 g/mol. The minimum Gasteiger partial charge on any atom is -0.378 e. The SMILES string of the molecule is O=C(Cn1nc2n(c1=O)CCCC2)N1C[C@@H]2COC[C@@H]2O1. The van der Waals surface area contributed by atoms with Crippen LogP contribution in [-0.2, 0) is 33.9 Å². The Morgan fingerprint density at radius 3 is 3.05 bits per heavy atom. The van der Waals surface area contributed by atoms with Crippen LogP contribution >= 0.6 is 0 Å². The zero-order valence-electron chi connectivity index (χ0n) is 11.7. The third kappa shape index (κ3) is 2.18. The fourth-order valence-corrected chi connectivity index (χ4v) is 3.20. The number of hydrogen-bond acceptors (Lipinski definition) is 5. The van der Waals surface area contributed by atoms with Gasteiger partial charge in [0.1, 0.15) is 18.5 Å². The number of carbonyl (C=O) groups is 1. The number of rotatable bonds is 2. The van der Waals surface area contributed by atoms with Crippen LogP contribution in [0.3, 0.4) is 0 Å². The average molecular weight is 294 g/mol. The summed E-state index contributed by atoms with van der Waals surface area (Å²) in [6.45, 7) is 2.34. The Balaban J connectivity index is 1.48. The maximum atomic E-state index is 12.3. The van der Waals surface area contributed by atoms with Crippen LogP contribution in [0.15, 0.2) is 4.79 Å². The Kier molecular flexibility index (Phi) is 3.07. The number of nitrogens with zero attached hydrogens (tertiary/aromatic N) is 4. The number of hydrogen-bond donors (Lipinski definition) is 0. The number of amides is 1. The van der Waals surface area contributed by atoms with Crippen molar-refractivity contribution < 1.29 is 14.4 Å². The Morgan fingerprint density at radius 2 is 2.24 bits per heavy atom. The van der Waals surface area contributed by atoms with Gasteiger partial charge < -0.3 is 4.74 Å². The van der Waals surface area contributed by atoms with Gasteiger partial charge in [-0.05, 0) is 12.8 Å². The van der Waals surface area contributed by atoms with Crippen LogP contribution in [0.2, 0.25) is 0 Å². The smallest absolute Gasteiger partial charge is 0.346 e. The van der Waals surface area contributed by atoms with Crippen molar-refractivity contribution in [2.24, 2.45) is 5.92 Å². The summed E-state index contributed by atoms with van der Waals surface area (Å²) in [6.07, 6.45) is 2.81. The lowest BCUT2D eigenvalue weighted by molar-refractivity contribution is -0.183. The summed E-state index contributed by atoms with van der Waals surface area (Å²) < 4.78 is 8.23. The molecule has 1 aromatic heterocycles. The van der Waals surface area contributed by atoms with E-state index in [0.717, 1.165) is 25.1 Å². The number of hydroxylamine groups is 2. The molecule has 0 aromatic carbocycles. The van der Waals surface area contributed by atoms with Crippen LogP contribution in [0.1, 0.15) is 18.7 Å². The second-order valence-corrected chi connectivity index (χ2v) is 5.86. The molecule has 0 bridgehead atoms. The summed E-state index contributed by atoms with van der Waals surface area (Å²) in [5.74, 6) is 0.814. The second kappa shape index (κ2) is 4.96. The van der Waals surface area contributed by atoms with Crippen molar-refractivity contribution in [1.29, 1.82) is 0 Å². The predicted molar refractivity (Wildman–Crippen MR) is 70.3 cm³/mol. The first kappa shape index (κ1) is 13.0. The molecule has 1 aromatic rings. The largest absolute Gasteiger partial charge is 0.378 e. The van der Waals surface area contributed by atoms with Gasteiger partial charge >= 0.3 is 5.69 Å². The van der Waals surface area contributed by atoms with Crippen LogP contribution in [0, 0.1) is 5.92 Å². The summed E-state index contributed by atoms with van der Waals surface area (Å²) in [4.78, 5) is 30.0. The van der Waals surface area contributed by atoms with E-state index in [1.165, 1.54) is 9.75 Å². The summed E-state index contributed by atoms with van der Waals surface area (Å²) in [5.41, 5.74) is -0.194. The Labute approximate surface area is 121 Å². The van der Waals surface area contributed by atoms with Crippen molar-refractivity contribution in [3.63, 3.8) is 0 Å². The number of carbonyl (C=O) groups excluding carboxylic acids is 1. The summed E-state index contributed by atoms with van der Waals surface area (Å²) in [7, 11) is 0. The first-order valence-electron chi connectivity index (χ1n) is 7.44. The lowest BCUT2D eigenvalue weighted by Crippen LogP contribution is -2.36. The zero-order chi connectivity index (χ0) is 14.4. The van der Waals surface area contributed by atoms with E-state index in [4.69, 9.17) is 9.57 Å². The van der Waals surface area contributed by atoms with E-state index in [2.05, 4.69) is 5.10 Å². The minimum absolute atomic E-state index is 0.0270. The molecule has 0 N–H and O–H groups in total. The van der Waals surface area contributed by atoms with Gasteiger partial charge in [-0.15, -0.1) is 0 Å². The highest BCUT2D eigenvalue weighted by molar-refractivity contribution is 5.75. The fraction of sp³-hybridized carbons (Fsp3) is 0.769. The standard InChI is InChI=1S/C13H18N4O4/c18-12(17-5-9-7-20-8-10(9)21-17)6-16-13(19)15-4-2-1-3-11(15)14-16/h9-10H,1-8H2/t9-,10+/m1/s1. The highest BCUT2D eigenvalue weighted by Gasteiger charge is 2.41. The lowest BCUT2D eigenvalue weighted by Gasteiger charge is -2.15. The molecule has 4 heterocycles. The molecular weight excluding hydrogens is 276 g/mol. The maximum Gasteiger partial charge on any atom is 0.346 e. The van der Waals surface area contributed by atoms with Crippen LogP contribution in [0.5, 0.6) is 0 Å². The van der Waals surface area contributed by atoms with Crippen molar-refractivity contribution in [2.75, 3.05) is 19.8 Å². The Bertz CT molecular complexity index is 610. The number of ether oxygens (including phenoxy) is 1. The average Bonchev–Trinajstić information content (AvgIpc) is 3.13. The minimum atomic E-state index is -0.220. The van der Waals surface area contributed by atoms with Gasteiger partial charge in [-0.3, -0.25) is 14.2 Å². The van der Waals surface area contributed by atoms with Crippen LogP contribution < -0.4 is 5.69 Å². The van der Waals surface area contributed by atoms with Crippen LogP contribution in [0.25, 0.3) is 0 Å². The molecule has 8 nitrogen and oxygen atoms in total. The number of aryl methyl sites for hydroxylation is 1. The van der Waals surface area contributed by atoms with Crippen molar-refractivity contribution >= 4 is 5.91 Å². The number of fused-ring (bicyclic) bond motifs is 2. The van der Waals surface area contributed by atoms with E-state index >= 15 is 0 Å². The molecule has 2 fully saturated rings. The van der Waals surface area contributed by atoms with Gasteiger partial charge in [0.2, 0.25) is 0 Å². The van der Waals surface area contributed by atoms with Gasteiger partial charge in [0.05, 0.1) is 19.8 Å². The Morgan fingerprint density at radius 1 is 1.33 bits per heavy atom. The van der Waals surface area contributed by atoms with Gasteiger partial charge in [0, 0.05) is 18.9 Å². The summed E-state index contributed by atoms with van der Waals surface area (Å²) in [6, 6.07) is 0. The van der Waals surface area contributed by atoms with Gasteiger partial charge in [-0.25, -0.2) is 14.5 Å². The van der Waals surface area contributed by atoms with Crippen LogP contribution in [-0.4, -0.2) is 51.2 Å². The molecule has 0 aliphatic carbocycles. The number of aromatic nitrogens is 3. The normalized spacial score (nSPS) is 27.7. The lowest BCUT2D eigenvalue weighted by atomic mass is 10.1. The van der Waals surface area contributed by atoms with Gasteiger partial charge in [0.25, 0.3) is 5.91 Å². The third-order valence-corrected chi connectivity index (χ3v) is 4.40. The maximum absolute atomic E-state index is 12.3. The molecule has 21 heavy (non-hydrogen) atoms. The molecule has 0 spiro atoms. The van der Waals surface area contributed by atoms with Crippen molar-refractivity contribution in [2.45, 2.75) is 38.5 Å². The van der Waals surface area contributed by atoms with Crippen molar-refractivity contribution in [1.82, 2.24) is 19.4 Å². The molecular formula is C13H18N4O4. The molecule has 8 heteroatoms. The quantitative estimate of drug-likeness (QED) is 0.711. The van der Waals surface area contributed by atoms with Gasteiger partial charge in [-0.2, -0.15) is 5.10 Å². The molecule has 3 aliphatic rings. The van der Waals surface area contributed by atoms with E-state index < -0.39 is 0 Å². The molecule has 0 saturated carbocycles. The van der Waals surface area contributed by atoms with E-state index in [-0.39, 0.29) is 30.2 Å². The molecule has 0 unspecified atom stereocenters. The molecule has 114 valence electrons. The highest BCUT2D eigenvalue weighted by atomic mass is 16.7. The van der Waals surface area contributed by atoms with Crippen LogP contribution in [0.4, 0.5) is 0 Å². The molecule has 3 aliphatic heterocycles. The topological polar surface area (TPSA) is 78.6 Å². The third-order valence-electron chi connectivity index (χ3n) is 4.40. The fourth-order valence-electron chi connectivity index (χ4n) is 3.20. The second-order valence-electron chi connectivity index (χ2n) is 5.86. The molecule has 1 amide bonds. The summed E-state index contributed by atoms with van der Waals surface area (Å²) in [5, 5.41) is 5.64. The van der Waals surface area contributed by atoms with E-state index in [1.807, 2.05) is 0 Å². The molecule has 2 atom stereocenters. The van der Waals surface area contributed by atoms with Crippen molar-refractivity contribution in [3.05, 3.63) is 16.3 Å². The van der Waals surface area contributed by atoms with Gasteiger partial charge in [0.15, 0.2) is 0 Å². The Hall–Kier alpha value is -1.67.